The molecular weight excluding hydrogens is 332 g/mol. The van der Waals surface area contributed by atoms with Gasteiger partial charge in [0, 0.05) is 12.1 Å². The van der Waals surface area contributed by atoms with Crippen LogP contribution >= 0.6 is 0 Å². The Morgan fingerprint density at radius 3 is 2.38 bits per heavy atom. The monoisotopic (exact) mass is 354 g/mol. The van der Waals surface area contributed by atoms with Crippen LogP contribution in [0.4, 0.5) is 0 Å². The molecule has 0 radical (unpaired) electrons. The molecule has 0 aliphatic rings. The van der Waals surface area contributed by atoms with E-state index in [9.17, 15) is 9.59 Å². The van der Waals surface area contributed by atoms with E-state index in [0.717, 1.165) is 5.56 Å². The van der Waals surface area contributed by atoms with Crippen molar-refractivity contribution in [3.8, 4) is 5.75 Å². The van der Waals surface area contributed by atoms with Crippen LogP contribution in [0.25, 0.3) is 6.08 Å². The smallest absolute Gasteiger partial charge is 0.267 e. The van der Waals surface area contributed by atoms with Crippen molar-refractivity contribution in [1.82, 2.24) is 10.6 Å². The number of rotatable bonds is 8. The van der Waals surface area contributed by atoms with E-state index in [0.29, 0.717) is 17.9 Å². The Morgan fingerprint density at radius 1 is 1.08 bits per heavy atom. The lowest BCUT2D eigenvalue weighted by atomic mass is 10.1. The fourth-order valence-corrected chi connectivity index (χ4v) is 2.20. The molecule has 0 spiro atoms. The van der Waals surface area contributed by atoms with Gasteiger partial charge in [-0.3, -0.25) is 9.59 Å². The second kappa shape index (κ2) is 10.0. The third-order valence-corrected chi connectivity index (χ3v) is 3.43. The predicted molar refractivity (Wildman–Crippen MR) is 99.6 cm³/mol. The topological polar surface area (TPSA) is 87.7 Å². The van der Waals surface area contributed by atoms with Gasteiger partial charge in [-0.1, -0.05) is 30.3 Å². The average molecular weight is 354 g/mol. The first-order valence-corrected chi connectivity index (χ1v) is 8.34. The number of aliphatic hydroxyl groups is 1. The number of ether oxygens (including phenoxy) is 1. The zero-order valence-electron chi connectivity index (χ0n) is 14.6. The molecule has 2 amide bonds. The predicted octanol–water partition coefficient (Wildman–Crippen LogP) is 1.96. The summed E-state index contributed by atoms with van der Waals surface area (Å²) in [4.78, 5) is 24.8. The number of benzene rings is 2. The fraction of sp³-hybridized carbons (Fsp3) is 0.200. The van der Waals surface area contributed by atoms with Crippen molar-refractivity contribution in [3.05, 3.63) is 71.4 Å². The standard InChI is InChI=1S/C20H22N2O4/c1-2-26-17-10-8-16(9-11-17)19(24)22-18(20(25)21-12-13-23)14-15-6-4-3-5-7-15/h3-11,14,23H,2,12-13H2,1H3,(H,21,25)(H,22,24)/b18-14-. The number of carbonyl (C=O) groups excluding carboxylic acids is 2. The molecule has 0 heterocycles. The van der Waals surface area contributed by atoms with Gasteiger partial charge in [0.1, 0.15) is 11.4 Å². The second-order valence-corrected chi connectivity index (χ2v) is 5.36. The molecule has 2 aromatic carbocycles. The Morgan fingerprint density at radius 2 is 1.77 bits per heavy atom. The Hall–Kier alpha value is -3.12. The SMILES string of the molecule is CCOc1ccc(C(=O)N/C(=C\c2ccccc2)C(=O)NCCO)cc1. The zero-order valence-corrected chi connectivity index (χ0v) is 14.6. The van der Waals surface area contributed by atoms with Crippen molar-refractivity contribution in [2.45, 2.75) is 6.92 Å². The highest BCUT2D eigenvalue weighted by atomic mass is 16.5. The van der Waals surface area contributed by atoms with E-state index < -0.39 is 11.8 Å². The number of hydrogen-bond donors (Lipinski definition) is 3. The zero-order chi connectivity index (χ0) is 18.8. The van der Waals surface area contributed by atoms with Gasteiger partial charge in [0.2, 0.25) is 0 Å². The average Bonchev–Trinajstić information content (AvgIpc) is 2.67. The van der Waals surface area contributed by atoms with Crippen LogP contribution in [0.1, 0.15) is 22.8 Å². The highest BCUT2D eigenvalue weighted by molar-refractivity contribution is 6.05. The Labute approximate surface area is 152 Å². The molecule has 0 fully saturated rings. The maximum atomic E-state index is 12.5. The van der Waals surface area contributed by atoms with Crippen LogP contribution < -0.4 is 15.4 Å². The molecule has 0 atom stereocenters. The Kier molecular flexibility index (Phi) is 7.39. The normalized spacial score (nSPS) is 10.9. The summed E-state index contributed by atoms with van der Waals surface area (Å²) in [6, 6.07) is 15.8. The van der Waals surface area contributed by atoms with E-state index in [1.807, 2.05) is 37.3 Å². The van der Waals surface area contributed by atoms with Crippen LogP contribution in [-0.4, -0.2) is 36.7 Å². The van der Waals surface area contributed by atoms with Crippen LogP contribution in [0.3, 0.4) is 0 Å². The van der Waals surface area contributed by atoms with Gasteiger partial charge in [0.05, 0.1) is 13.2 Å². The largest absolute Gasteiger partial charge is 0.494 e. The minimum absolute atomic E-state index is 0.100. The van der Waals surface area contributed by atoms with Gasteiger partial charge in [0.25, 0.3) is 11.8 Å². The van der Waals surface area contributed by atoms with Crippen LogP contribution in [0.5, 0.6) is 5.75 Å². The molecule has 0 aliphatic carbocycles. The molecule has 0 unspecified atom stereocenters. The number of hydrogen-bond acceptors (Lipinski definition) is 4. The van der Waals surface area contributed by atoms with Gasteiger partial charge in [-0.05, 0) is 42.8 Å². The molecule has 0 saturated heterocycles. The van der Waals surface area contributed by atoms with E-state index >= 15 is 0 Å². The molecule has 0 aliphatic heterocycles. The first kappa shape index (κ1) is 19.2. The number of aliphatic hydroxyl groups excluding tert-OH is 1. The van der Waals surface area contributed by atoms with E-state index in [1.165, 1.54) is 0 Å². The van der Waals surface area contributed by atoms with Gasteiger partial charge in [-0.15, -0.1) is 0 Å². The summed E-state index contributed by atoms with van der Waals surface area (Å²) in [6.45, 7) is 2.34. The third-order valence-electron chi connectivity index (χ3n) is 3.43. The summed E-state index contributed by atoms with van der Waals surface area (Å²) in [5.74, 6) is -0.207. The van der Waals surface area contributed by atoms with Crippen molar-refractivity contribution >= 4 is 17.9 Å². The van der Waals surface area contributed by atoms with E-state index in [1.54, 1.807) is 30.3 Å². The highest BCUT2D eigenvalue weighted by Crippen LogP contribution is 2.13. The molecule has 26 heavy (non-hydrogen) atoms. The molecule has 0 saturated carbocycles. The van der Waals surface area contributed by atoms with Crippen molar-refractivity contribution in [2.24, 2.45) is 0 Å². The quantitative estimate of drug-likeness (QED) is 0.633. The number of carbonyl (C=O) groups is 2. The van der Waals surface area contributed by atoms with Gasteiger partial charge >= 0.3 is 0 Å². The van der Waals surface area contributed by atoms with Gasteiger partial charge in [0.15, 0.2) is 0 Å². The maximum Gasteiger partial charge on any atom is 0.267 e. The van der Waals surface area contributed by atoms with Gasteiger partial charge < -0.3 is 20.5 Å². The summed E-state index contributed by atoms with van der Waals surface area (Å²) in [5, 5.41) is 14.1. The Bertz CT molecular complexity index is 755. The van der Waals surface area contributed by atoms with Gasteiger partial charge in [-0.25, -0.2) is 0 Å². The minimum Gasteiger partial charge on any atom is -0.494 e. The lowest BCUT2D eigenvalue weighted by Crippen LogP contribution is -2.36. The fourth-order valence-electron chi connectivity index (χ4n) is 2.20. The van der Waals surface area contributed by atoms with Crippen LogP contribution in [-0.2, 0) is 4.79 Å². The van der Waals surface area contributed by atoms with Crippen molar-refractivity contribution in [1.29, 1.82) is 0 Å². The lowest BCUT2D eigenvalue weighted by Gasteiger charge is -2.11. The molecule has 2 aromatic rings. The van der Waals surface area contributed by atoms with Crippen LogP contribution in [0.15, 0.2) is 60.3 Å². The van der Waals surface area contributed by atoms with Crippen molar-refractivity contribution in [2.75, 3.05) is 19.8 Å². The van der Waals surface area contributed by atoms with Gasteiger partial charge in [-0.2, -0.15) is 0 Å². The minimum atomic E-state index is -0.470. The van der Waals surface area contributed by atoms with Crippen LogP contribution in [0, 0.1) is 0 Å². The van der Waals surface area contributed by atoms with E-state index in [-0.39, 0.29) is 18.8 Å². The summed E-state index contributed by atoms with van der Waals surface area (Å²) in [5.41, 5.74) is 1.28. The van der Waals surface area contributed by atoms with E-state index in [2.05, 4.69) is 10.6 Å². The summed E-state index contributed by atoms with van der Waals surface area (Å²) >= 11 is 0. The molecule has 0 aromatic heterocycles. The summed E-state index contributed by atoms with van der Waals surface area (Å²) in [6.07, 6.45) is 1.58. The number of amides is 2. The Balaban J connectivity index is 2.18. The molecule has 136 valence electrons. The van der Waals surface area contributed by atoms with E-state index in [4.69, 9.17) is 9.84 Å². The molecular formula is C20H22N2O4. The molecule has 3 N–H and O–H groups in total. The van der Waals surface area contributed by atoms with Crippen LogP contribution in [0.2, 0.25) is 0 Å². The summed E-state index contributed by atoms with van der Waals surface area (Å²) in [7, 11) is 0. The number of nitrogens with one attached hydrogen (secondary N) is 2. The first-order chi connectivity index (χ1) is 12.6. The first-order valence-electron chi connectivity index (χ1n) is 8.34. The third kappa shape index (κ3) is 5.75. The highest BCUT2D eigenvalue weighted by Gasteiger charge is 2.14. The maximum absolute atomic E-state index is 12.5. The van der Waals surface area contributed by atoms with Crippen molar-refractivity contribution in [3.63, 3.8) is 0 Å². The summed E-state index contributed by atoms with van der Waals surface area (Å²) < 4.78 is 5.35. The molecule has 6 nitrogen and oxygen atoms in total. The molecule has 2 rings (SSSR count). The second-order valence-electron chi connectivity index (χ2n) is 5.36. The lowest BCUT2D eigenvalue weighted by molar-refractivity contribution is -0.117. The molecule has 6 heteroatoms. The van der Waals surface area contributed by atoms with Crippen molar-refractivity contribution < 1.29 is 19.4 Å². The molecule has 0 bridgehead atoms.